The number of benzene rings is 3. The number of alkyl carbamates (subject to hydrolysis) is 2. The van der Waals surface area contributed by atoms with Crippen LogP contribution in [0.5, 0.6) is 0 Å². The van der Waals surface area contributed by atoms with E-state index in [1.165, 1.54) is 0 Å². The first kappa shape index (κ1) is 47.9. The maximum Gasteiger partial charge on any atom is 0.408 e. The second-order valence-electron chi connectivity index (χ2n) is 15.2. The summed E-state index contributed by atoms with van der Waals surface area (Å²) >= 11 is 0. The minimum atomic E-state index is -1.51. The molecule has 3 aromatic carbocycles. The zero-order chi connectivity index (χ0) is 43.9. The highest BCUT2D eigenvalue weighted by Crippen LogP contribution is 2.11. The Balaban J connectivity index is 1.62. The number of hydrogen-bond donors (Lipinski definition) is 5. The highest BCUT2D eigenvalue weighted by Gasteiger charge is 2.32. The number of rotatable bonds is 22. The summed E-state index contributed by atoms with van der Waals surface area (Å²) in [4.78, 5) is 91.1. The molecule has 0 saturated carbocycles. The third-order valence-corrected chi connectivity index (χ3v) is 8.54. The molecule has 3 rings (SSSR count). The van der Waals surface area contributed by atoms with E-state index < -0.39 is 84.5 Å². The minimum Gasteiger partial charge on any atom is -0.461 e. The molecule has 3 aromatic rings. The number of carbonyl (C=O) groups is 7. The number of amides is 5. The molecule has 0 aliphatic carbocycles. The van der Waals surface area contributed by atoms with E-state index in [1.807, 2.05) is 36.4 Å². The summed E-state index contributed by atoms with van der Waals surface area (Å²) in [5, 5.41) is 12.7. The van der Waals surface area contributed by atoms with E-state index in [-0.39, 0.29) is 32.8 Å². The Morgan fingerprint density at radius 3 is 1.65 bits per heavy atom. The average molecular weight is 832 g/mol. The molecule has 0 bridgehead atoms. The van der Waals surface area contributed by atoms with Crippen molar-refractivity contribution in [2.24, 2.45) is 5.92 Å². The molecule has 324 valence electrons. The number of ether oxygens (including phenoxy) is 4. The van der Waals surface area contributed by atoms with Gasteiger partial charge in [0.1, 0.15) is 43.5 Å². The van der Waals surface area contributed by atoms with Gasteiger partial charge < -0.3 is 45.5 Å². The highest BCUT2D eigenvalue weighted by molar-refractivity contribution is 5.95. The second-order valence-corrected chi connectivity index (χ2v) is 15.2. The van der Waals surface area contributed by atoms with E-state index in [1.54, 1.807) is 89.2 Å². The van der Waals surface area contributed by atoms with Crippen LogP contribution in [0.25, 0.3) is 0 Å². The molecule has 0 aliphatic heterocycles. The topological polar surface area (TPSA) is 217 Å². The minimum absolute atomic E-state index is 0.0328. The van der Waals surface area contributed by atoms with Gasteiger partial charge in [0.2, 0.25) is 17.7 Å². The van der Waals surface area contributed by atoms with E-state index in [0.717, 1.165) is 11.1 Å². The quantitative estimate of drug-likeness (QED) is 0.0536. The molecule has 0 unspecified atom stereocenters. The smallest absolute Gasteiger partial charge is 0.408 e. The summed E-state index contributed by atoms with van der Waals surface area (Å²) in [6, 6.07) is 23.2. The van der Waals surface area contributed by atoms with E-state index in [2.05, 4.69) is 26.6 Å². The number of unbranched alkanes of at least 4 members (excludes halogenated alkanes) is 1. The lowest BCUT2D eigenvalue weighted by Gasteiger charge is -2.25. The number of nitrogens with one attached hydrogen (secondary N) is 5. The Morgan fingerprint density at radius 1 is 0.583 bits per heavy atom. The van der Waals surface area contributed by atoms with Crippen LogP contribution in [0.1, 0.15) is 77.0 Å². The van der Waals surface area contributed by atoms with Crippen molar-refractivity contribution in [3.05, 3.63) is 108 Å². The van der Waals surface area contributed by atoms with Gasteiger partial charge >= 0.3 is 24.1 Å². The van der Waals surface area contributed by atoms with Crippen molar-refractivity contribution in [2.75, 3.05) is 13.1 Å². The third kappa shape index (κ3) is 19.3. The lowest BCUT2D eigenvalue weighted by molar-refractivity contribution is -0.151. The molecular weight excluding hydrogens is 775 g/mol. The monoisotopic (exact) mass is 831 g/mol. The molecule has 3 atom stereocenters. The van der Waals surface area contributed by atoms with Gasteiger partial charge in [0.25, 0.3) is 0 Å². The van der Waals surface area contributed by atoms with Crippen LogP contribution in [0.3, 0.4) is 0 Å². The fraction of sp³-hybridized carbons (Fsp3) is 0.432. The van der Waals surface area contributed by atoms with Gasteiger partial charge in [0.15, 0.2) is 0 Å². The van der Waals surface area contributed by atoms with Crippen LogP contribution in [-0.4, -0.2) is 78.7 Å². The maximum atomic E-state index is 13.7. The molecule has 5 amide bonds. The summed E-state index contributed by atoms with van der Waals surface area (Å²) in [6.07, 6.45) is -1.15. The van der Waals surface area contributed by atoms with Crippen molar-refractivity contribution in [3.8, 4) is 0 Å². The molecule has 5 N–H and O–H groups in total. The van der Waals surface area contributed by atoms with Crippen LogP contribution in [-0.2, 0) is 62.7 Å². The zero-order valence-corrected chi connectivity index (χ0v) is 34.8. The van der Waals surface area contributed by atoms with Crippen LogP contribution in [0.15, 0.2) is 91.0 Å². The molecule has 16 nitrogen and oxygen atoms in total. The SMILES string of the molecule is CC(C)[C@H](NC(=O)[C@H](CC(=O)OCc1ccccc1)NC(=O)CNC(=O)[C@H](CCCCNC(=O)OCc1ccccc1)NC(=O)OC(C)(C)C)C(=O)OCc1ccccc1. The van der Waals surface area contributed by atoms with Crippen molar-refractivity contribution in [2.45, 2.75) is 104 Å². The van der Waals surface area contributed by atoms with Crippen LogP contribution in [0.4, 0.5) is 9.59 Å². The van der Waals surface area contributed by atoms with Crippen LogP contribution in [0, 0.1) is 5.92 Å². The van der Waals surface area contributed by atoms with E-state index in [4.69, 9.17) is 18.9 Å². The Hall–Kier alpha value is -6.45. The van der Waals surface area contributed by atoms with Crippen LogP contribution < -0.4 is 26.6 Å². The van der Waals surface area contributed by atoms with Crippen molar-refractivity contribution in [3.63, 3.8) is 0 Å². The van der Waals surface area contributed by atoms with E-state index in [0.29, 0.717) is 18.4 Å². The predicted molar refractivity (Wildman–Crippen MR) is 220 cm³/mol. The molecule has 0 heterocycles. The maximum absolute atomic E-state index is 13.7. The third-order valence-electron chi connectivity index (χ3n) is 8.54. The molecule has 0 saturated heterocycles. The molecule has 0 spiro atoms. The van der Waals surface area contributed by atoms with E-state index >= 15 is 0 Å². The fourth-order valence-corrected chi connectivity index (χ4v) is 5.44. The van der Waals surface area contributed by atoms with Crippen molar-refractivity contribution in [1.82, 2.24) is 26.6 Å². The van der Waals surface area contributed by atoms with Gasteiger partial charge in [-0.25, -0.2) is 14.4 Å². The zero-order valence-electron chi connectivity index (χ0n) is 34.8. The summed E-state index contributed by atoms with van der Waals surface area (Å²) in [5.74, 6) is -4.39. The molecule has 16 heteroatoms. The average Bonchev–Trinajstić information content (AvgIpc) is 3.21. The first-order chi connectivity index (χ1) is 28.6. The molecule has 0 fully saturated rings. The van der Waals surface area contributed by atoms with Gasteiger partial charge in [-0.3, -0.25) is 19.2 Å². The van der Waals surface area contributed by atoms with Gasteiger partial charge in [0, 0.05) is 6.54 Å². The molecular formula is C44H57N5O11. The van der Waals surface area contributed by atoms with Crippen LogP contribution in [0.2, 0.25) is 0 Å². The number of esters is 2. The van der Waals surface area contributed by atoms with Crippen LogP contribution >= 0.6 is 0 Å². The summed E-state index contributed by atoms with van der Waals surface area (Å²) in [6.45, 7) is 7.96. The van der Waals surface area contributed by atoms with Gasteiger partial charge in [-0.05, 0) is 62.6 Å². The normalized spacial score (nSPS) is 12.4. The molecule has 0 aliphatic rings. The fourth-order valence-electron chi connectivity index (χ4n) is 5.44. The van der Waals surface area contributed by atoms with Gasteiger partial charge in [-0.1, -0.05) is 105 Å². The number of carbonyl (C=O) groups excluding carboxylic acids is 7. The largest absolute Gasteiger partial charge is 0.461 e. The Morgan fingerprint density at radius 2 is 1.12 bits per heavy atom. The first-order valence-corrected chi connectivity index (χ1v) is 19.8. The lowest BCUT2D eigenvalue weighted by atomic mass is 10.0. The Labute approximate surface area is 350 Å². The molecule has 0 aromatic heterocycles. The van der Waals surface area contributed by atoms with E-state index in [9.17, 15) is 33.6 Å². The van der Waals surface area contributed by atoms with Crippen molar-refractivity contribution >= 4 is 41.8 Å². The summed E-state index contributed by atoms with van der Waals surface area (Å²) in [5.41, 5.74) is 1.41. The Bertz CT molecular complexity index is 1840. The van der Waals surface area contributed by atoms with Gasteiger partial charge in [0.05, 0.1) is 13.0 Å². The summed E-state index contributed by atoms with van der Waals surface area (Å²) in [7, 11) is 0. The molecule has 0 radical (unpaired) electrons. The predicted octanol–water partition coefficient (Wildman–Crippen LogP) is 4.60. The Kier molecular flexibility index (Phi) is 20.1. The summed E-state index contributed by atoms with van der Waals surface area (Å²) < 4.78 is 21.4. The van der Waals surface area contributed by atoms with Crippen molar-refractivity contribution in [1.29, 1.82) is 0 Å². The second kappa shape index (κ2) is 25.1. The lowest BCUT2D eigenvalue weighted by Crippen LogP contribution is -2.56. The molecule has 60 heavy (non-hydrogen) atoms. The standard InChI is InChI=1S/C44H57N5O11/c1-30(2)38(41(54)58-28-32-19-11-7-12-20-32)49-40(53)35(25-37(51)57-27-31-17-9-6-10-18-31)47-36(50)26-46-39(52)34(48-43(56)60-44(3,4)5)23-15-16-24-45-42(55)59-29-33-21-13-8-14-22-33/h6-14,17-22,30,34-35,38H,15-16,23-29H2,1-5H3,(H,45,55)(H,46,52)(H,47,50)(H,48,56)(H,49,53)/t34-,35-,38-/m0/s1. The van der Waals surface area contributed by atoms with Gasteiger partial charge in [-0.2, -0.15) is 0 Å². The van der Waals surface area contributed by atoms with Gasteiger partial charge in [-0.15, -0.1) is 0 Å². The highest BCUT2D eigenvalue weighted by atomic mass is 16.6. The first-order valence-electron chi connectivity index (χ1n) is 19.8. The van der Waals surface area contributed by atoms with Crippen molar-refractivity contribution < 1.29 is 52.5 Å². The number of hydrogen-bond acceptors (Lipinski definition) is 11.